The quantitative estimate of drug-likeness (QED) is 0.536. The zero-order chi connectivity index (χ0) is 21.2. The Hall–Kier alpha value is -2.42. The number of ether oxygens (including phenoxy) is 3. The summed E-state index contributed by atoms with van der Waals surface area (Å²) in [5, 5.41) is 1.12. The first-order chi connectivity index (χ1) is 13.8. The van der Waals surface area contributed by atoms with E-state index in [4.69, 9.17) is 25.8 Å². The Morgan fingerprint density at radius 3 is 2.38 bits per heavy atom. The molecule has 0 bridgehead atoms. The Morgan fingerprint density at radius 2 is 1.72 bits per heavy atom. The molecule has 0 aliphatic carbocycles. The third kappa shape index (κ3) is 4.29. The SMILES string of the molecule is COc1ccc(S(=O)(=O)n2cc(OCCN(C)C)c3cc(Cl)ccc32)cc1OC. The van der Waals surface area contributed by atoms with Gasteiger partial charge >= 0.3 is 0 Å². The Bertz CT molecular complexity index is 1130. The summed E-state index contributed by atoms with van der Waals surface area (Å²) in [6, 6.07) is 9.47. The molecule has 9 heteroatoms. The number of aromatic nitrogens is 1. The molecule has 7 nitrogen and oxygen atoms in total. The highest BCUT2D eigenvalue weighted by Gasteiger charge is 2.23. The number of likely N-dealkylation sites (N-methyl/N-ethyl adjacent to an activating group) is 1. The molecule has 3 aromatic rings. The van der Waals surface area contributed by atoms with Crippen molar-refractivity contribution in [2.75, 3.05) is 41.5 Å². The van der Waals surface area contributed by atoms with E-state index in [1.165, 1.54) is 36.5 Å². The molecule has 1 aromatic heterocycles. The van der Waals surface area contributed by atoms with Gasteiger partial charge in [-0.1, -0.05) is 11.6 Å². The van der Waals surface area contributed by atoms with Crippen molar-refractivity contribution in [2.45, 2.75) is 4.90 Å². The smallest absolute Gasteiger partial charge is 0.268 e. The summed E-state index contributed by atoms with van der Waals surface area (Å²) in [4.78, 5) is 2.05. The summed E-state index contributed by atoms with van der Waals surface area (Å²) in [5.74, 6) is 1.23. The Labute approximate surface area is 175 Å². The van der Waals surface area contributed by atoms with E-state index in [-0.39, 0.29) is 4.90 Å². The Balaban J connectivity index is 2.11. The van der Waals surface area contributed by atoms with Crippen molar-refractivity contribution in [2.24, 2.45) is 0 Å². The summed E-state index contributed by atoms with van der Waals surface area (Å²) >= 11 is 6.14. The second-order valence-electron chi connectivity index (χ2n) is 6.62. The van der Waals surface area contributed by atoms with Crippen LogP contribution < -0.4 is 14.2 Å². The molecule has 0 N–H and O–H groups in total. The van der Waals surface area contributed by atoms with Crippen LogP contribution in [-0.2, 0) is 10.0 Å². The average molecular weight is 439 g/mol. The molecule has 0 aliphatic heterocycles. The third-order valence-electron chi connectivity index (χ3n) is 4.40. The molecule has 1 heterocycles. The molecule has 3 rings (SSSR count). The summed E-state index contributed by atoms with van der Waals surface area (Å²) in [7, 11) is 2.91. The van der Waals surface area contributed by atoms with Crippen molar-refractivity contribution in [3.8, 4) is 17.2 Å². The van der Waals surface area contributed by atoms with Crippen LogP contribution in [0.2, 0.25) is 5.02 Å². The van der Waals surface area contributed by atoms with Crippen molar-refractivity contribution >= 4 is 32.5 Å². The molecule has 0 fully saturated rings. The summed E-state index contributed by atoms with van der Waals surface area (Å²) in [5.41, 5.74) is 0.476. The highest BCUT2D eigenvalue weighted by Crippen LogP contribution is 2.35. The van der Waals surface area contributed by atoms with Crippen LogP contribution in [0.15, 0.2) is 47.5 Å². The van der Waals surface area contributed by atoms with E-state index in [0.29, 0.717) is 46.3 Å². The van der Waals surface area contributed by atoms with Gasteiger partial charge in [-0.2, -0.15) is 0 Å². The predicted octanol–water partition coefficient (Wildman–Crippen LogP) is 3.49. The van der Waals surface area contributed by atoms with E-state index in [0.717, 1.165) is 0 Å². The van der Waals surface area contributed by atoms with E-state index in [2.05, 4.69) is 0 Å². The largest absolute Gasteiger partial charge is 0.493 e. The Kier molecular flexibility index (Phi) is 6.26. The Morgan fingerprint density at radius 1 is 1.00 bits per heavy atom. The van der Waals surface area contributed by atoms with Gasteiger partial charge in [0.2, 0.25) is 0 Å². The minimum Gasteiger partial charge on any atom is -0.493 e. The third-order valence-corrected chi connectivity index (χ3v) is 6.31. The summed E-state index contributed by atoms with van der Waals surface area (Å²) in [6.07, 6.45) is 1.47. The topological polar surface area (TPSA) is 70.0 Å². The lowest BCUT2D eigenvalue weighted by atomic mass is 10.2. The molecule has 2 aromatic carbocycles. The fourth-order valence-electron chi connectivity index (χ4n) is 2.89. The molecular formula is C20H23ClN2O5S. The molecule has 0 unspecified atom stereocenters. The zero-order valence-corrected chi connectivity index (χ0v) is 18.2. The molecule has 0 amide bonds. The number of hydrogen-bond donors (Lipinski definition) is 0. The van der Waals surface area contributed by atoms with Crippen LogP contribution in [-0.4, -0.2) is 58.8 Å². The highest BCUT2D eigenvalue weighted by molar-refractivity contribution is 7.90. The van der Waals surface area contributed by atoms with Gasteiger partial charge in [0.1, 0.15) is 12.4 Å². The first-order valence-corrected chi connectivity index (χ1v) is 10.7. The average Bonchev–Trinajstić information content (AvgIpc) is 3.05. The zero-order valence-electron chi connectivity index (χ0n) is 16.7. The second-order valence-corrected chi connectivity index (χ2v) is 8.88. The molecule has 0 saturated carbocycles. The first kappa shape index (κ1) is 21.3. The van der Waals surface area contributed by atoms with Gasteiger partial charge in [0.05, 0.1) is 30.8 Å². The van der Waals surface area contributed by atoms with Gasteiger partial charge in [-0.25, -0.2) is 12.4 Å². The molecule has 156 valence electrons. The van der Waals surface area contributed by atoms with E-state index in [9.17, 15) is 8.42 Å². The first-order valence-electron chi connectivity index (χ1n) is 8.83. The van der Waals surface area contributed by atoms with Crippen molar-refractivity contribution in [3.63, 3.8) is 0 Å². The maximum absolute atomic E-state index is 13.4. The van der Waals surface area contributed by atoms with Crippen LogP contribution in [0.25, 0.3) is 10.9 Å². The lowest BCUT2D eigenvalue weighted by molar-refractivity contribution is 0.263. The lowest BCUT2D eigenvalue weighted by Crippen LogP contribution is -2.19. The standard InChI is InChI=1S/C20H23ClN2O5S/c1-22(2)9-10-28-20-13-23(17-7-5-14(21)11-16(17)20)29(24,25)15-6-8-18(26-3)19(12-15)27-4/h5-8,11-13H,9-10H2,1-4H3. The fraction of sp³-hybridized carbons (Fsp3) is 0.300. The minimum atomic E-state index is -3.91. The predicted molar refractivity (Wildman–Crippen MR) is 113 cm³/mol. The van der Waals surface area contributed by atoms with Gasteiger partial charge in [-0.15, -0.1) is 0 Å². The monoisotopic (exact) mass is 438 g/mol. The van der Waals surface area contributed by atoms with Crippen LogP contribution in [0.3, 0.4) is 0 Å². The molecule has 0 atom stereocenters. The van der Waals surface area contributed by atoms with E-state index >= 15 is 0 Å². The normalized spacial score (nSPS) is 11.8. The van der Waals surface area contributed by atoms with Crippen LogP contribution >= 0.6 is 11.6 Å². The minimum absolute atomic E-state index is 0.0711. The van der Waals surface area contributed by atoms with E-state index in [1.54, 1.807) is 24.3 Å². The van der Waals surface area contributed by atoms with E-state index in [1.807, 2.05) is 19.0 Å². The maximum Gasteiger partial charge on any atom is 0.268 e. The number of rotatable bonds is 8. The number of hydrogen-bond acceptors (Lipinski definition) is 6. The van der Waals surface area contributed by atoms with Gasteiger partial charge < -0.3 is 19.1 Å². The fourth-order valence-corrected chi connectivity index (χ4v) is 4.43. The van der Waals surface area contributed by atoms with Crippen molar-refractivity contribution < 1.29 is 22.6 Å². The van der Waals surface area contributed by atoms with Gasteiger partial charge in [0, 0.05) is 23.0 Å². The van der Waals surface area contributed by atoms with E-state index < -0.39 is 10.0 Å². The lowest BCUT2D eigenvalue weighted by Gasteiger charge is -2.11. The number of benzene rings is 2. The molecule has 0 spiro atoms. The van der Waals surface area contributed by atoms with Crippen molar-refractivity contribution in [1.82, 2.24) is 8.87 Å². The summed E-state index contributed by atoms with van der Waals surface area (Å²) in [6.45, 7) is 1.10. The number of methoxy groups -OCH3 is 2. The highest BCUT2D eigenvalue weighted by atomic mass is 35.5. The molecular weight excluding hydrogens is 416 g/mol. The van der Waals surface area contributed by atoms with Crippen LogP contribution in [0, 0.1) is 0 Å². The molecule has 0 aliphatic rings. The number of fused-ring (bicyclic) bond motifs is 1. The maximum atomic E-state index is 13.4. The van der Waals surface area contributed by atoms with Crippen molar-refractivity contribution in [3.05, 3.63) is 47.6 Å². The van der Waals surface area contributed by atoms with Crippen LogP contribution in [0.4, 0.5) is 0 Å². The van der Waals surface area contributed by atoms with Gasteiger partial charge in [-0.05, 0) is 44.4 Å². The van der Waals surface area contributed by atoms with Crippen LogP contribution in [0.1, 0.15) is 0 Å². The van der Waals surface area contributed by atoms with Gasteiger partial charge in [0.25, 0.3) is 10.0 Å². The van der Waals surface area contributed by atoms with Crippen LogP contribution in [0.5, 0.6) is 17.2 Å². The molecule has 29 heavy (non-hydrogen) atoms. The molecule has 0 saturated heterocycles. The summed E-state index contributed by atoms with van der Waals surface area (Å²) < 4.78 is 44.2. The number of nitrogens with zero attached hydrogens (tertiary/aromatic N) is 2. The second kappa shape index (κ2) is 8.52. The number of halogens is 1. The van der Waals surface area contributed by atoms with Crippen molar-refractivity contribution in [1.29, 1.82) is 0 Å². The molecule has 0 radical (unpaired) electrons. The van der Waals surface area contributed by atoms with Gasteiger partial charge in [0.15, 0.2) is 11.5 Å². The van der Waals surface area contributed by atoms with Gasteiger partial charge in [-0.3, -0.25) is 0 Å².